The normalized spacial score (nSPS) is 27.2. The van der Waals surface area contributed by atoms with E-state index in [1.165, 1.54) is 12.1 Å². The van der Waals surface area contributed by atoms with E-state index in [9.17, 15) is 41.1 Å². The van der Waals surface area contributed by atoms with Crippen molar-refractivity contribution in [2.45, 2.75) is 47.5 Å². The Hall–Kier alpha value is -3.36. The molecule has 0 radical (unpaired) electrons. The summed E-state index contributed by atoms with van der Waals surface area (Å²) in [7, 11) is -4.11. The van der Waals surface area contributed by atoms with Crippen LogP contribution in [0.1, 0.15) is 36.0 Å². The zero-order valence-corrected chi connectivity index (χ0v) is 22.8. The van der Waals surface area contributed by atoms with Crippen molar-refractivity contribution in [3.05, 3.63) is 58.4 Å². The first-order valence-corrected chi connectivity index (χ1v) is 14.6. The van der Waals surface area contributed by atoms with Crippen LogP contribution in [0.3, 0.4) is 0 Å². The quantitative estimate of drug-likeness (QED) is 0.350. The van der Waals surface area contributed by atoms with Crippen LogP contribution in [0, 0.1) is 29.3 Å². The lowest BCUT2D eigenvalue weighted by atomic mass is 9.74. The number of aliphatic hydroxyl groups is 1. The topological polar surface area (TPSA) is 151 Å². The smallest absolute Gasteiger partial charge is 0.407 e. The summed E-state index contributed by atoms with van der Waals surface area (Å²) >= 11 is 6.24. The Kier molecular flexibility index (Phi) is 7.68. The molecule has 2 saturated carbocycles. The van der Waals surface area contributed by atoms with E-state index in [2.05, 4.69) is 16.0 Å². The first-order valence-electron chi connectivity index (χ1n) is 12.7. The molecule has 2 bridgehead atoms. The second kappa shape index (κ2) is 10.8. The number of rotatable bonds is 7. The molecule has 4 N–H and O–H groups in total. The molecule has 15 heteroatoms. The third kappa shape index (κ3) is 5.47. The van der Waals surface area contributed by atoms with Crippen LogP contribution in [0.4, 0.5) is 23.7 Å². The predicted octanol–water partition coefficient (Wildman–Crippen LogP) is 2.93. The Morgan fingerprint density at radius 1 is 1.10 bits per heavy atom. The molecular weight excluding hydrogens is 591 g/mol. The highest BCUT2D eigenvalue weighted by Gasteiger charge is 2.56. The molecule has 3 aliphatic rings. The summed E-state index contributed by atoms with van der Waals surface area (Å²) in [6, 6.07) is 3.80. The Morgan fingerprint density at radius 2 is 1.73 bits per heavy atom. The number of amides is 3. The Balaban J connectivity index is 1.30. The highest BCUT2D eigenvalue weighted by Crippen LogP contribution is 2.52. The standard InChI is InChI=1S/C26H25ClF3N3O7S/c27-17-4-1-12(23(34)32-15-8-18(28)22(30)19(29)9-15)5-21(17)41(38,39)16-6-13-2-3-14(7-16)26(13,37)11-31-24(35)20-10-40-25(36)33-20/h1,4-5,8-9,13-14,16,20,37H,2-3,6-7,10-11H2,(H,31,35)(H,32,34)(H,33,36)/t13?,14?,16-,20-,26-/m0/s1. The summed E-state index contributed by atoms with van der Waals surface area (Å²) in [6.07, 6.45) is 0.513. The molecule has 3 atom stereocenters. The molecule has 41 heavy (non-hydrogen) atoms. The second-order valence-corrected chi connectivity index (χ2v) is 13.1. The number of anilines is 1. The van der Waals surface area contributed by atoms with Crippen LogP contribution in [0.25, 0.3) is 0 Å². The number of fused-ring (bicyclic) bond motifs is 2. The molecule has 1 aliphatic heterocycles. The fraction of sp³-hybridized carbons (Fsp3) is 0.423. The number of alkyl carbamates (subject to hydrolysis) is 1. The largest absolute Gasteiger partial charge is 0.447 e. The van der Waals surface area contributed by atoms with Gasteiger partial charge in [-0.05, 0) is 55.7 Å². The summed E-state index contributed by atoms with van der Waals surface area (Å²) in [5.41, 5.74) is -1.89. The molecule has 2 aromatic carbocycles. The van der Waals surface area contributed by atoms with Crippen molar-refractivity contribution in [3.8, 4) is 0 Å². The minimum atomic E-state index is -4.11. The fourth-order valence-electron chi connectivity index (χ4n) is 5.90. The number of cyclic esters (lactones) is 1. The molecule has 2 aromatic rings. The van der Waals surface area contributed by atoms with Gasteiger partial charge >= 0.3 is 6.09 Å². The summed E-state index contributed by atoms with van der Waals surface area (Å²) in [4.78, 5) is 36.0. The highest BCUT2D eigenvalue weighted by molar-refractivity contribution is 7.92. The Morgan fingerprint density at radius 3 is 2.32 bits per heavy atom. The molecule has 1 saturated heterocycles. The summed E-state index contributed by atoms with van der Waals surface area (Å²) in [5, 5.41) is 17.6. The lowest BCUT2D eigenvalue weighted by molar-refractivity contribution is -0.126. The van der Waals surface area contributed by atoms with Gasteiger partial charge in [0, 0.05) is 29.9 Å². The maximum absolute atomic E-state index is 13.7. The number of hydrogen-bond acceptors (Lipinski definition) is 7. The van der Waals surface area contributed by atoms with E-state index in [0.717, 1.165) is 6.07 Å². The van der Waals surface area contributed by atoms with Crippen LogP contribution < -0.4 is 16.0 Å². The number of carbonyl (C=O) groups is 3. The van der Waals surface area contributed by atoms with Crippen LogP contribution in [-0.4, -0.2) is 61.5 Å². The zero-order chi connectivity index (χ0) is 29.7. The average Bonchev–Trinajstić information content (AvgIpc) is 3.38. The van der Waals surface area contributed by atoms with Gasteiger partial charge in [0.15, 0.2) is 27.3 Å². The lowest BCUT2D eigenvalue weighted by Crippen LogP contribution is -2.56. The van der Waals surface area contributed by atoms with Gasteiger partial charge in [-0.25, -0.2) is 26.4 Å². The number of nitrogens with one attached hydrogen (secondary N) is 3. The second-order valence-electron chi connectivity index (χ2n) is 10.5. The molecular formula is C26H25ClF3N3O7S. The molecule has 2 unspecified atom stereocenters. The van der Waals surface area contributed by atoms with Gasteiger partial charge in [0.05, 0.1) is 20.8 Å². The third-order valence-electron chi connectivity index (χ3n) is 8.09. The predicted molar refractivity (Wildman–Crippen MR) is 138 cm³/mol. The van der Waals surface area contributed by atoms with Gasteiger partial charge in [0.25, 0.3) is 5.91 Å². The van der Waals surface area contributed by atoms with Crippen LogP contribution in [0.5, 0.6) is 0 Å². The maximum atomic E-state index is 13.7. The Labute approximate surface area is 237 Å². The molecule has 3 amide bonds. The van der Waals surface area contributed by atoms with Gasteiger partial charge < -0.3 is 25.8 Å². The average molecular weight is 616 g/mol. The fourth-order valence-corrected chi connectivity index (χ4v) is 8.30. The van der Waals surface area contributed by atoms with Gasteiger partial charge in [0.1, 0.15) is 12.6 Å². The van der Waals surface area contributed by atoms with Crippen molar-refractivity contribution in [3.63, 3.8) is 0 Å². The molecule has 3 fully saturated rings. The van der Waals surface area contributed by atoms with Crippen LogP contribution in [0.2, 0.25) is 5.02 Å². The summed E-state index contributed by atoms with van der Waals surface area (Å²) in [6.45, 7) is -0.257. The van der Waals surface area contributed by atoms with Gasteiger partial charge in [-0.1, -0.05) is 11.6 Å². The van der Waals surface area contributed by atoms with Gasteiger partial charge in [-0.2, -0.15) is 0 Å². The van der Waals surface area contributed by atoms with Crippen molar-refractivity contribution in [1.29, 1.82) is 0 Å². The van der Waals surface area contributed by atoms with Crippen molar-refractivity contribution < 1.29 is 45.8 Å². The molecule has 1 heterocycles. The van der Waals surface area contributed by atoms with E-state index in [-0.39, 0.29) is 47.2 Å². The van der Waals surface area contributed by atoms with Crippen molar-refractivity contribution in [2.75, 3.05) is 18.5 Å². The van der Waals surface area contributed by atoms with E-state index in [1.807, 2.05) is 0 Å². The maximum Gasteiger partial charge on any atom is 0.407 e. The van der Waals surface area contributed by atoms with Crippen LogP contribution in [0.15, 0.2) is 35.2 Å². The molecule has 0 aromatic heterocycles. The van der Waals surface area contributed by atoms with Crippen LogP contribution >= 0.6 is 11.6 Å². The molecule has 10 nitrogen and oxygen atoms in total. The van der Waals surface area contributed by atoms with Gasteiger partial charge in [-0.3, -0.25) is 9.59 Å². The molecule has 2 aliphatic carbocycles. The number of halogens is 4. The van der Waals surface area contributed by atoms with Crippen molar-refractivity contribution in [1.82, 2.24) is 10.6 Å². The number of carbonyl (C=O) groups excluding carboxylic acids is 3. The SMILES string of the molecule is O=C1N[C@H](C(=O)NC[C@]2(O)C3CCC2C[C@@H](S(=O)(=O)c2cc(C(=O)Nc4cc(F)c(F)c(F)c4)ccc2Cl)C3)CO1. The first kappa shape index (κ1) is 29.1. The number of sulfone groups is 1. The minimum absolute atomic E-state index is 0.0787. The monoisotopic (exact) mass is 615 g/mol. The first-order chi connectivity index (χ1) is 19.3. The van der Waals surface area contributed by atoms with E-state index in [0.29, 0.717) is 25.0 Å². The molecule has 0 spiro atoms. The van der Waals surface area contributed by atoms with Gasteiger partial charge in [-0.15, -0.1) is 0 Å². The summed E-state index contributed by atoms with van der Waals surface area (Å²) < 4.78 is 72.5. The summed E-state index contributed by atoms with van der Waals surface area (Å²) in [5.74, 6) is -7.05. The minimum Gasteiger partial charge on any atom is -0.447 e. The Bertz CT molecular complexity index is 1500. The van der Waals surface area contributed by atoms with E-state index < -0.39 is 73.9 Å². The van der Waals surface area contributed by atoms with Crippen molar-refractivity contribution >= 4 is 45.0 Å². The number of benzene rings is 2. The van der Waals surface area contributed by atoms with E-state index in [4.69, 9.17) is 16.3 Å². The van der Waals surface area contributed by atoms with E-state index in [1.54, 1.807) is 0 Å². The third-order valence-corrected chi connectivity index (χ3v) is 10.7. The van der Waals surface area contributed by atoms with E-state index >= 15 is 0 Å². The molecule has 220 valence electrons. The van der Waals surface area contributed by atoms with Crippen molar-refractivity contribution in [2.24, 2.45) is 11.8 Å². The highest BCUT2D eigenvalue weighted by atomic mass is 35.5. The number of hydrogen-bond donors (Lipinski definition) is 4. The van der Waals surface area contributed by atoms with Crippen LogP contribution in [-0.2, 0) is 19.4 Å². The molecule has 5 rings (SSSR count). The lowest BCUT2D eigenvalue weighted by Gasteiger charge is -2.42. The van der Waals surface area contributed by atoms with Gasteiger partial charge in [0.2, 0.25) is 5.91 Å². The number of ether oxygens (including phenoxy) is 1. The zero-order valence-electron chi connectivity index (χ0n) is 21.3.